The van der Waals surface area contributed by atoms with Gasteiger partial charge in [0, 0.05) is 23.9 Å². The maximum atomic E-state index is 13.6. The van der Waals surface area contributed by atoms with Crippen molar-refractivity contribution in [3.05, 3.63) is 51.4 Å². The number of halogens is 2. The second kappa shape index (κ2) is 7.91. The zero-order valence-electron chi connectivity index (χ0n) is 11.6. The summed E-state index contributed by atoms with van der Waals surface area (Å²) in [5.41, 5.74) is 0.662. The van der Waals surface area contributed by atoms with E-state index in [1.165, 1.54) is 23.5 Å². The molecule has 0 radical (unpaired) electrons. The maximum absolute atomic E-state index is 13.6. The van der Waals surface area contributed by atoms with E-state index >= 15 is 0 Å². The van der Waals surface area contributed by atoms with Crippen molar-refractivity contribution in [1.82, 2.24) is 5.32 Å². The highest BCUT2D eigenvalue weighted by Gasteiger charge is 2.10. The Hall–Kier alpha value is -1.92. The van der Waals surface area contributed by atoms with E-state index in [1.807, 2.05) is 5.38 Å². The molecule has 2 amide bonds. The molecule has 116 valence electrons. The first-order chi connectivity index (χ1) is 10.6. The second-order valence-electron chi connectivity index (χ2n) is 4.52. The Morgan fingerprint density at radius 2 is 2.09 bits per heavy atom. The number of anilines is 1. The maximum Gasteiger partial charge on any atom is 0.252 e. The van der Waals surface area contributed by atoms with Gasteiger partial charge in [-0.1, -0.05) is 17.7 Å². The van der Waals surface area contributed by atoms with Gasteiger partial charge >= 0.3 is 0 Å². The van der Waals surface area contributed by atoms with Gasteiger partial charge in [0.2, 0.25) is 5.91 Å². The summed E-state index contributed by atoms with van der Waals surface area (Å²) in [6.07, 6.45) is 0.639. The van der Waals surface area contributed by atoms with Crippen LogP contribution in [0.4, 0.5) is 10.1 Å². The number of thiophene rings is 1. The largest absolute Gasteiger partial charge is 0.352 e. The monoisotopic (exact) mass is 340 g/mol. The number of hydrogen-bond acceptors (Lipinski definition) is 3. The van der Waals surface area contributed by atoms with Crippen LogP contribution in [0.15, 0.2) is 35.0 Å². The van der Waals surface area contributed by atoms with Crippen LogP contribution in [-0.2, 0) is 4.79 Å². The van der Waals surface area contributed by atoms with Crippen molar-refractivity contribution in [2.75, 3.05) is 11.9 Å². The summed E-state index contributed by atoms with van der Waals surface area (Å²) in [6, 6.07) is 6.14. The Morgan fingerprint density at radius 1 is 1.27 bits per heavy atom. The summed E-state index contributed by atoms with van der Waals surface area (Å²) in [4.78, 5) is 23.4. The van der Waals surface area contributed by atoms with Crippen molar-refractivity contribution in [3.8, 4) is 0 Å². The number of carbonyl (C=O) groups excluding carboxylic acids is 2. The molecule has 0 fully saturated rings. The Morgan fingerprint density at radius 3 is 2.82 bits per heavy atom. The molecule has 0 spiro atoms. The molecule has 7 heteroatoms. The molecule has 1 aromatic heterocycles. The van der Waals surface area contributed by atoms with Gasteiger partial charge in [0.1, 0.15) is 0 Å². The Kier molecular flexibility index (Phi) is 5.91. The minimum absolute atomic E-state index is 0.0409. The smallest absolute Gasteiger partial charge is 0.252 e. The van der Waals surface area contributed by atoms with Crippen LogP contribution >= 0.6 is 22.9 Å². The lowest BCUT2D eigenvalue weighted by atomic mass is 10.2. The molecule has 1 heterocycles. The van der Waals surface area contributed by atoms with Crippen LogP contribution in [0.1, 0.15) is 23.2 Å². The average Bonchev–Trinajstić information content (AvgIpc) is 3.02. The first kappa shape index (κ1) is 16.5. The lowest BCUT2D eigenvalue weighted by Gasteiger charge is -2.07. The molecule has 22 heavy (non-hydrogen) atoms. The Bertz CT molecular complexity index is 662. The quantitative estimate of drug-likeness (QED) is 0.788. The highest BCUT2D eigenvalue weighted by molar-refractivity contribution is 7.08. The fraction of sp³-hybridized carbons (Fsp3) is 0.200. The summed E-state index contributed by atoms with van der Waals surface area (Å²) in [5, 5.41) is 8.71. The standard InChI is InChI=1S/C15H14ClFN2O2S/c16-11-3-1-4-12(14(11)17)19-13(20)5-2-7-18-15(21)10-6-8-22-9-10/h1,3-4,6,8-9H,2,5,7H2,(H,18,21)(H,19,20). The third-order valence-electron chi connectivity index (χ3n) is 2.88. The molecule has 1 aromatic carbocycles. The molecule has 0 aliphatic rings. The fourth-order valence-electron chi connectivity index (χ4n) is 1.76. The molecular formula is C15H14ClFN2O2S. The van der Waals surface area contributed by atoms with Crippen molar-refractivity contribution < 1.29 is 14.0 Å². The molecule has 0 saturated heterocycles. The lowest BCUT2D eigenvalue weighted by molar-refractivity contribution is -0.116. The highest BCUT2D eigenvalue weighted by Crippen LogP contribution is 2.22. The van der Waals surface area contributed by atoms with Crippen LogP contribution in [0.25, 0.3) is 0 Å². The van der Waals surface area contributed by atoms with E-state index in [2.05, 4.69) is 10.6 Å². The van der Waals surface area contributed by atoms with E-state index < -0.39 is 5.82 Å². The van der Waals surface area contributed by atoms with Gasteiger partial charge in [0.05, 0.1) is 10.7 Å². The number of rotatable bonds is 6. The predicted molar refractivity (Wildman–Crippen MR) is 85.9 cm³/mol. The van der Waals surface area contributed by atoms with Gasteiger partial charge in [0.15, 0.2) is 5.82 Å². The van der Waals surface area contributed by atoms with Crippen LogP contribution in [0.3, 0.4) is 0 Å². The van der Waals surface area contributed by atoms with Gasteiger partial charge in [0.25, 0.3) is 5.91 Å². The molecule has 2 rings (SSSR count). The van der Waals surface area contributed by atoms with E-state index in [9.17, 15) is 14.0 Å². The molecular weight excluding hydrogens is 327 g/mol. The topological polar surface area (TPSA) is 58.2 Å². The van der Waals surface area contributed by atoms with Crippen molar-refractivity contribution in [3.63, 3.8) is 0 Å². The number of benzene rings is 1. The second-order valence-corrected chi connectivity index (χ2v) is 5.71. The van der Waals surface area contributed by atoms with E-state index in [-0.39, 0.29) is 28.9 Å². The molecule has 4 nitrogen and oxygen atoms in total. The number of nitrogens with one attached hydrogen (secondary N) is 2. The molecule has 0 aliphatic heterocycles. The number of carbonyl (C=O) groups is 2. The predicted octanol–water partition coefficient (Wildman–Crippen LogP) is 3.69. The van der Waals surface area contributed by atoms with Gasteiger partial charge in [-0.05, 0) is 30.0 Å². The number of amides is 2. The minimum Gasteiger partial charge on any atom is -0.352 e. The third kappa shape index (κ3) is 4.54. The van der Waals surface area contributed by atoms with Crippen LogP contribution in [0.5, 0.6) is 0 Å². The van der Waals surface area contributed by atoms with E-state index in [0.717, 1.165) is 0 Å². The van der Waals surface area contributed by atoms with Gasteiger partial charge in [-0.3, -0.25) is 9.59 Å². The van der Waals surface area contributed by atoms with E-state index in [1.54, 1.807) is 17.5 Å². The molecule has 0 saturated carbocycles. The molecule has 2 aromatic rings. The highest BCUT2D eigenvalue weighted by atomic mass is 35.5. The van der Waals surface area contributed by atoms with Crippen molar-refractivity contribution >= 4 is 40.4 Å². The summed E-state index contributed by atoms with van der Waals surface area (Å²) in [7, 11) is 0. The van der Waals surface area contributed by atoms with Crippen LogP contribution in [0, 0.1) is 5.82 Å². The van der Waals surface area contributed by atoms with Gasteiger partial charge < -0.3 is 10.6 Å². The summed E-state index contributed by atoms with van der Waals surface area (Å²) in [6.45, 7) is 0.375. The molecule has 0 bridgehead atoms. The van der Waals surface area contributed by atoms with Crippen molar-refractivity contribution in [1.29, 1.82) is 0 Å². The summed E-state index contributed by atoms with van der Waals surface area (Å²) >= 11 is 7.08. The summed E-state index contributed by atoms with van der Waals surface area (Å²) < 4.78 is 13.6. The first-order valence-corrected chi connectivity index (χ1v) is 7.94. The van der Waals surface area contributed by atoms with Crippen LogP contribution in [0.2, 0.25) is 5.02 Å². The van der Waals surface area contributed by atoms with Crippen molar-refractivity contribution in [2.45, 2.75) is 12.8 Å². The average molecular weight is 341 g/mol. The van der Waals surface area contributed by atoms with Gasteiger partial charge in [-0.2, -0.15) is 11.3 Å². The molecule has 2 N–H and O–H groups in total. The molecule has 0 unspecified atom stereocenters. The third-order valence-corrected chi connectivity index (χ3v) is 3.85. The SMILES string of the molecule is O=C(CCCNC(=O)c1ccsc1)Nc1cccc(Cl)c1F. The normalized spacial score (nSPS) is 10.3. The van der Waals surface area contributed by atoms with Crippen molar-refractivity contribution in [2.24, 2.45) is 0 Å². The van der Waals surface area contributed by atoms with Gasteiger partial charge in [-0.25, -0.2) is 4.39 Å². The number of hydrogen-bond donors (Lipinski definition) is 2. The lowest BCUT2D eigenvalue weighted by Crippen LogP contribution is -2.25. The zero-order valence-corrected chi connectivity index (χ0v) is 13.1. The Labute approximate surface area is 136 Å². The van der Waals surface area contributed by atoms with Crippen LogP contribution in [-0.4, -0.2) is 18.4 Å². The van der Waals surface area contributed by atoms with Gasteiger partial charge in [-0.15, -0.1) is 0 Å². The Balaban J connectivity index is 1.72. The summed E-state index contributed by atoms with van der Waals surface area (Å²) in [5.74, 6) is -1.14. The molecule has 0 atom stereocenters. The van der Waals surface area contributed by atoms with E-state index in [0.29, 0.717) is 18.5 Å². The first-order valence-electron chi connectivity index (χ1n) is 6.62. The minimum atomic E-state index is -0.650. The molecule has 0 aliphatic carbocycles. The fourth-order valence-corrected chi connectivity index (χ4v) is 2.57. The van der Waals surface area contributed by atoms with Crippen LogP contribution < -0.4 is 10.6 Å². The zero-order chi connectivity index (χ0) is 15.9. The van der Waals surface area contributed by atoms with E-state index in [4.69, 9.17) is 11.6 Å².